The van der Waals surface area contributed by atoms with Crippen LogP contribution in [0.3, 0.4) is 0 Å². The molecule has 5 rings (SSSR count). The second-order valence-corrected chi connectivity index (χ2v) is 6.98. The zero-order valence-corrected chi connectivity index (χ0v) is 14.6. The third-order valence-electron chi connectivity index (χ3n) is 4.70. The smallest absolute Gasteiger partial charge is 0.348 e. The summed E-state index contributed by atoms with van der Waals surface area (Å²) in [6.45, 7) is 3.98. The molecule has 0 spiro atoms. The highest BCUT2D eigenvalue weighted by Crippen LogP contribution is 2.39. The predicted octanol–water partition coefficient (Wildman–Crippen LogP) is 4.89. The summed E-state index contributed by atoms with van der Waals surface area (Å²) in [5.74, 6) is 1.35. The van der Waals surface area contributed by atoms with Gasteiger partial charge in [0, 0.05) is 23.1 Å². The number of hydrogen-bond donors (Lipinski definition) is 0. The third kappa shape index (κ3) is 2.07. The summed E-state index contributed by atoms with van der Waals surface area (Å²) in [4.78, 5) is 12.6. The second-order valence-electron chi connectivity index (χ2n) is 6.98. The van der Waals surface area contributed by atoms with Crippen molar-refractivity contribution in [3.8, 4) is 11.5 Å². The van der Waals surface area contributed by atoms with Crippen LogP contribution in [0.4, 0.5) is 0 Å². The van der Waals surface area contributed by atoms with Crippen molar-refractivity contribution in [1.29, 1.82) is 0 Å². The fraction of sp³-hybridized carbons (Fsp3) is 0.190. The Bertz CT molecular complexity index is 1290. The summed E-state index contributed by atoms with van der Waals surface area (Å²) in [7, 11) is 1.57. The van der Waals surface area contributed by atoms with E-state index in [0.29, 0.717) is 27.9 Å². The van der Waals surface area contributed by atoms with E-state index in [-0.39, 0.29) is 5.60 Å². The molecule has 4 aromatic rings. The van der Waals surface area contributed by atoms with Gasteiger partial charge in [0.15, 0.2) is 5.58 Å². The molecule has 5 heteroatoms. The van der Waals surface area contributed by atoms with Crippen molar-refractivity contribution < 1.29 is 18.3 Å². The molecule has 0 radical (unpaired) electrons. The van der Waals surface area contributed by atoms with E-state index >= 15 is 0 Å². The Morgan fingerprint density at radius 3 is 2.62 bits per heavy atom. The number of benzene rings is 2. The van der Waals surface area contributed by atoms with Gasteiger partial charge in [0.1, 0.15) is 33.7 Å². The van der Waals surface area contributed by atoms with Gasteiger partial charge >= 0.3 is 5.63 Å². The SMILES string of the molecule is COc1ccc2c(c1)oc(=O)c1c3cc4c(cc3oc21)OC(C)(C)C=C4. The van der Waals surface area contributed by atoms with Crippen molar-refractivity contribution in [2.75, 3.05) is 7.11 Å². The Labute approximate surface area is 148 Å². The minimum absolute atomic E-state index is 0.380. The van der Waals surface area contributed by atoms with Crippen LogP contribution in [0.2, 0.25) is 0 Å². The summed E-state index contributed by atoms with van der Waals surface area (Å²) in [6.07, 6.45) is 4.00. The molecule has 0 saturated carbocycles. The highest BCUT2D eigenvalue weighted by molar-refractivity contribution is 6.13. The Hall–Kier alpha value is -3.21. The topological polar surface area (TPSA) is 61.8 Å². The molecule has 0 N–H and O–H groups in total. The van der Waals surface area contributed by atoms with Crippen molar-refractivity contribution in [2.45, 2.75) is 19.4 Å². The molecule has 0 aliphatic carbocycles. The minimum atomic E-state index is -0.430. The zero-order valence-electron chi connectivity index (χ0n) is 14.6. The molecule has 1 aliphatic heterocycles. The van der Waals surface area contributed by atoms with Gasteiger partial charge in [-0.25, -0.2) is 4.79 Å². The summed E-state index contributed by atoms with van der Waals surface area (Å²) < 4.78 is 22.8. The van der Waals surface area contributed by atoms with Crippen molar-refractivity contribution in [1.82, 2.24) is 0 Å². The number of fused-ring (bicyclic) bond motifs is 6. The fourth-order valence-corrected chi connectivity index (χ4v) is 3.41. The first kappa shape index (κ1) is 15.1. The second kappa shape index (κ2) is 4.91. The van der Waals surface area contributed by atoms with Gasteiger partial charge in [-0.2, -0.15) is 0 Å². The van der Waals surface area contributed by atoms with Crippen molar-refractivity contribution in [3.63, 3.8) is 0 Å². The standard InChI is InChI=1S/C21H16O5/c1-21(2)7-6-11-8-14-17(10-15(11)26-21)24-19-13-5-4-12(23-3)9-16(13)25-20(22)18(14)19/h4-10H,1-3H3. The van der Waals surface area contributed by atoms with Crippen LogP contribution in [0.5, 0.6) is 11.5 Å². The average molecular weight is 348 g/mol. The summed E-state index contributed by atoms with van der Waals surface area (Å²) in [5, 5.41) is 1.89. The fourth-order valence-electron chi connectivity index (χ4n) is 3.41. The highest BCUT2D eigenvalue weighted by atomic mass is 16.5. The molecule has 130 valence electrons. The Balaban J connectivity index is 1.87. The van der Waals surface area contributed by atoms with E-state index in [1.807, 2.05) is 50.3 Å². The maximum atomic E-state index is 12.6. The first-order valence-corrected chi connectivity index (χ1v) is 8.34. The summed E-state index contributed by atoms with van der Waals surface area (Å²) in [6, 6.07) is 9.08. The van der Waals surface area contributed by atoms with Crippen LogP contribution in [-0.4, -0.2) is 12.7 Å². The lowest BCUT2D eigenvalue weighted by Gasteiger charge is -2.27. The predicted molar refractivity (Wildman–Crippen MR) is 100 cm³/mol. The molecule has 2 aromatic heterocycles. The van der Waals surface area contributed by atoms with Gasteiger partial charge in [0.05, 0.1) is 12.5 Å². The van der Waals surface area contributed by atoms with Gasteiger partial charge in [-0.3, -0.25) is 0 Å². The summed E-state index contributed by atoms with van der Waals surface area (Å²) in [5.41, 5.74) is 1.65. The maximum absolute atomic E-state index is 12.6. The lowest BCUT2D eigenvalue weighted by Crippen LogP contribution is -2.27. The molecule has 5 nitrogen and oxygen atoms in total. The van der Waals surface area contributed by atoms with Crippen molar-refractivity contribution in [2.24, 2.45) is 0 Å². The van der Waals surface area contributed by atoms with Gasteiger partial charge in [-0.1, -0.05) is 6.08 Å². The van der Waals surface area contributed by atoms with Crippen LogP contribution in [0.15, 0.2) is 50.0 Å². The molecule has 0 unspecified atom stereocenters. The number of furan rings is 1. The Morgan fingerprint density at radius 1 is 1.00 bits per heavy atom. The van der Waals surface area contributed by atoms with Gasteiger partial charge < -0.3 is 18.3 Å². The lowest BCUT2D eigenvalue weighted by atomic mass is 10.0. The Kier molecular flexibility index (Phi) is 2.85. The van der Waals surface area contributed by atoms with Gasteiger partial charge in [0.2, 0.25) is 0 Å². The number of rotatable bonds is 1. The molecule has 2 aromatic carbocycles. The Morgan fingerprint density at radius 2 is 1.81 bits per heavy atom. The highest BCUT2D eigenvalue weighted by Gasteiger charge is 2.24. The van der Waals surface area contributed by atoms with Gasteiger partial charge in [-0.05, 0) is 38.1 Å². The monoisotopic (exact) mass is 348 g/mol. The largest absolute Gasteiger partial charge is 0.497 e. The normalized spacial score (nSPS) is 15.3. The molecule has 0 saturated heterocycles. The molecule has 0 fully saturated rings. The first-order chi connectivity index (χ1) is 12.4. The van der Waals surface area contributed by atoms with Crippen LogP contribution >= 0.6 is 0 Å². The van der Waals surface area contributed by atoms with E-state index in [4.69, 9.17) is 18.3 Å². The van der Waals surface area contributed by atoms with Crippen LogP contribution < -0.4 is 15.1 Å². The lowest BCUT2D eigenvalue weighted by molar-refractivity contribution is 0.159. The molecule has 0 atom stereocenters. The molecule has 0 bridgehead atoms. The molecule has 26 heavy (non-hydrogen) atoms. The zero-order chi connectivity index (χ0) is 18.1. The average Bonchev–Trinajstić information content (AvgIpc) is 2.97. The quantitative estimate of drug-likeness (QED) is 0.459. The number of ether oxygens (including phenoxy) is 2. The first-order valence-electron chi connectivity index (χ1n) is 8.34. The number of methoxy groups -OCH3 is 1. The van der Waals surface area contributed by atoms with E-state index in [9.17, 15) is 4.79 Å². The molecule has 0 amide bonds. The van der Waals surface area contributed by atoms with E-state index < -0.39 is 5.63 Å². The van der Waals surface area contributed by atoms with Crippen LogP contribution in [0.25, 0.3) is 39.0 Å². The van der Waals surface area contributed by atoms with E-state index in [0.717, 1.165) is 22.1 Å². The molecule has 1 aliphatic rings. The molecular weight excluding hydrogens is 332 g/mol. The van der Waals surface area contributed by atoms with E-state index in [1.165, 1.54) is 0 Å². The van der Waals surface area contributed by atoms with Gasteiger partial charge in [0.25, 0.3) is 0 Å². The maximum Gasteiger partial charge on any atom is 0.348 e. The van der Waals surface area contributed by atoms with Crippen LogP contribution in [0.1, 0.15) is 19.4 Å². The molecular formula is C21H16O5. The van der Waals surface area contributed by atoms with Crippen molar-refractivity contribution >= 4 is 39.0 Å². The van der Waals surface area contributed by atoms with E-state index in [1.54, 1.807) is 13.2 Å². The van der Waals surface area contributed by atoms with Gasteiger partial charge in [-0.15, -0.1) is 0 Å². The van der Waals surface area contributed by atoms with Crippen LogP contribution in [0, 0.1) is 0 Å². The molecule has 3 heterocycles. The van der Waals surface area contributed by atoms with Crippen LogP contribution in [-0.2, 0) is 0 Å². The third-order valence-corrected chi connectivity index (χ3v) is 4.70. The van der Waals surface area contributed by atoms with Crippen molar-refractivity contribution in [3.05, 3.63) is 52.4 Å². The summed E-state index contributed by atoms with van der Waals surface area (Å²) >= 11 is 0. The van der Waals surface area contributed by atoms with E-state index in [2.05, 4.69) is 0 Å². The minimum Gasteiger partial charge on any atom is -0.497 e. The number of hydrogen-bond acceptors (Lipinski definition) is 5.